The fourth-order valence-electron chi connectivity index (χ4n) is 2.97. The van der Waals surface area contributed by atoms with Gasteiger partial charge in [0.2, 0.25) is 0 Å². The fourth-order valence-corrected chi connectivity index (χ4v) is 4.31. The molecule has 11 heteroatoms. The van der Waals surface area contributed by atoms with Crippen molar-refractivity contribution in [2.24, 2.45) is 0 Å². The summed E-state index contributed by atoms with van der Waals surface area (Å²) in [5.74, 6) is 0.101. The number of carbonyl (C=O) groups excluding carboxylic acids is 1. The standard InChI is InChI=1S/C17H13ClN4O5S/c1-8-19-16(27-21-8)14-10-4-5-26-7-13(10)28-17(14)20-15(23)11-6-9(18)2-3-12(11)22(24)25/h2-3,6H,4-5,7H2,1H3,(H,20,23). The molecule has 3 aromatic rings. The summed E-state index contributed by atoms with van der Waals surface area (Å²) in [6, 6.07) is 3.83. The second-order valence-corrected chi connectivity index (χ2v) is 7.57. The topological polar surface area (TPSA) is 120 Å². The van der Waals surface area contributed by atoms with Gasteiger partial charge in [0, 0.05) is 16.0 Å². The number of thiophene rings is 1. The maximum Gasteiger partial charge on any atom is 0.282 e. The molecule has 0 saturated carbocycles. The smallest absolute Gasteiger partial charge is 0.282 e. The van der Waals surface area contributed by atoms with Crippen LogP contribution in [0.4, 0.5) is 10.7 Å². The van der Waals surface area contributed by atoms with E-state index in [0.29, 0.717) is 36.0 Å². The first kappa shape index (κ1) is 18.5. The molecule has 0 spiro atoms. The van der Waals surface area contributed by atoms with Gasteiger partial charge in [0.25, 0.3) is 17.5 Å². The van der Waals surface area contributed by atoms with E-state index < -0.39 is 10.8 Å². The van der Waals surface area contributed by atoms with Gasteiger partial charge >= 0.3 is 0 Å². The fraction of sp³-hybridized carbons (Fsp3) is 0.235. The number of aryl methyl sites for hydroxylation is 1. The Morgan fingerprint density at radius 1 is 1.43 bits per heavy atom. The number of hydrogen-bond acceptors (Lipinski definition) is 8. The lowest BCUT2D eigenvalue weighted by Gasteiger charge is -2.12. The van der Waals surface area contributed by atoms with Gasteiger partial charge in [-0.3, -0.25) is 14.9 Å². The molecular formula is C17H13ClN4O5S. The highest BCUT2D eigenvalue weighted by atomic mass is 35.5. The van der Waals surface area contributed by atoms with Crippen molar-refractivity contribution in [3.63, 3.8) is 0 Å². The van der Waals surface area contributed by atoms with Crippen LogP contribution in [-0.2, 0) is 17.8 Å². The molecule has 3 heterocycles. The van der Waals surface area contributed by atoms with E-state index in [1.165, 1.54) is 29.5 Å². The van der Waals surface area contributed by atoms with Crippen LogP contribution >= 0.6 is 22.9 Å². The number of rotatable bonds is 4. The molecule has 2 aromatic heterocycles. The van der Waals surface area contributed by atoms with Crippen molar-refractivity contribution in [3.05, 3.63) is 55.2 Å². The number of hydrogen-bond donors (Lipinski definition) is 1. The van der Waals surface area contributed by atoms with E-state index in [-0.39, 0.29) is 22.2 Å². The molecule has 1 N–H and O–H groups in total. The van der Waals surface area contributed by atoms with E-state index >= 15 is 0 Å². The van der Waals surface area contributed by atoms with Gasteiger partial charge < -0.3 is 14.6 Å². The molecule has 0 bridgehead atoms. The van der Waals surface area contributed by atoms with Gasteiger partial charge in [-0.05, 0) is 31.0 Å². The van der Waals surface area contributed by atoms with Crippen molar-refractivity contribution >= 4 is 39.5 Å². The van der Waals surface area contributed by atoms with E-state index in [9.17, 15) is 14.9 Å². The zero-order valence-electron chi connectivity index (χ0n) is 14.5. The maximum atomic E-state index is 12.8. The molecule has 28 heavy (non-hydrogen) atoms. The summed E-state index contributed by atoms with van der Waals surface area (Å²) in [5, 5.41) is 18.5. The number of anilines is 1. The Kier molecular flexibility index (Phi) is 4.84. The van der Waals surface area contributed by atoms with Gasteiger partial charge in [0.05, 0.1) is 23.7 Å². The molecule has 0 aliphatic carbocycles. The number of amides is 1. The number of fused-ring (bicyclic) bond motifs is 1. The summed E-state index contributed by atoms with van der Waals surface area (Å²) in [6.07, 6.45) is 0.635. The number of nitro groups is 1. The van der Waals surface area contributed by atoms with Gasteiger partial charge in [-0.2, -0.15) is 4.98 Å². The lowest BCUT2D eigenvalue weighted by Crippen LogP contribution is -2.14. The highest BCUT2D eigenvalue weighted by Crippen LogP contribution is 2.42. The van der Waals surface area contributed by atoms with Crippen molar-refractivity contribution < 1.29 is 19.0 Å². The minimum atomic E-state index is -0.647. The number of aromatic nitrogens is 2. The number of nitrogens with one attached hydrogen (secondary N) is 1. The highest BCUT2D eigenvalue weighted by Gasteiger charge is 2.28. The molecule has 0 unspecified atom stereocenters. The van der Waals surface area contributed by atoms with Crippen molar-refractivity contribution in [3.8, 4) is 11.5 Å². The lowest BCUT2D eigenvalue weighted by molar-refractivity contribution is -0.385. The molecule has 1 aliphatic heterocycles. The van der Waals surface area contributed by atoms with Crippen LogP contribution in [0.1, 0.15) is 26.6 Å². The van der Waals surface area contributed by atoms with Gasteiger partial charge in [-0.25, -0.2) is 0 Å². The second-order valence-electron chi connectivity index (χ2n) is 6.03. The third kappa shape index (κ3) is 3.37. The molecule has 0 fully saturated rings. The highest BCUT2D eigenvalue weighted by molar-refractivity contribution is 7.17. The van der Waals surface area contributed by atoms with Crippen LogP contribution in [0, 0.1) is 17.0 Å². The van der Waals surface area contributed by atoms with Crippen LogP contribution in [0.15, 0.2) is 22.7 Å². The lowest BCUT2D eigenvalue weighted by atomic mass is 10.1. The summed E-state index contributed by atoms with van der Waals surface area (Å²) in [6.45, 7) is 2.65. The van der Waals surface area contributed by atoms with Crippen molar-refractivity contribution in [2.45, 2.75) is 20.0 Å². The Bertz CT molecular complexity index is 1090. The molecule has 1 aromatic carbocycles. The first-order valence-corrected chi connectivity index (χ1v) is 9.41. The molecule has 0 radical (unpaired) electrons. The summed E-state index contributed by atoms with van der Waals surface area (Å²) in [5.41, 5.74) is 1.13. The predicted octanol–water partition coefficient (Wildman–Crippen LogP) is 3.99. The van der Waals surface area contributed by atoms with Gasteiger partial charge in [-0.1, -0.05) is 16.8 Å². The van der Waals surface area contributed by atoms with E-state index in [4.69, 9.17) is 20.9 Å². The first-order valence-electron chi connectivity index (χ1n) is 8.22. The number of halogens is 1. The van der Waals surface area contributed by atoms with Gasteiger partial charge in [-0.15, -0.1) is 11.3 Å². The quantitative estimate of drug-likeness (QED) is 0.500. The maximum absolute atomic E-state index is 12.8. The summed E-state index contributed by atoms with van der Waals surface area (Å²) < 4.78 is 10.8. The minimum Gasteiger partial charge on any atom is -0.376 e. The molecule has 0 saturated heterocycles. The largest absolute Gasteiger partial charge is 0.376 e. The van der Waals surface area contributed by atoms with E-state index in [0.717, 1.165) is 10.4 Å². The van der Waals surface area contributed by atoms with Crippen molar-refractivity contribution in [2.75, 3.05) is 11.9 Å². The third-order valence-corrected chi connectivity index (χ3v) is 5.54. The Balaban J connectivity index is 1.77. The van der Waals surface area contributed by atoms with Crippen LogP contribution < -0.4 is 5.32 Å². The van der Waals surface area contributed by atoms with Crippen LogP contribution in [-0.4, -0.2) is 27.6 Å². The van der Waals surface area contributed by atoms with Crippen LogP contribution in [0.3, 0.4) is 0 Å². The van der Waals surface area contributed by atoms with Crippen LogP contribution in [0.25, 0.3) is 11.5 Å². The zero-order chi connectivity index (χ0) is 19.8. The second kappa shape index (κ2) is 7.30. The van der Waals surface area contributed by atoms with Gasteiger partial charge in [0.15, 0.2) is 5.82 Å². The van der Waals surface area contributed by atoms with Crippen LogP contribution in [0.2, 0.25) is 5.02 Å². The monoisotopic (exact) mass is 420 g/mol. The predicted molar refractivity (Wildman–Crippen MR) is 102 cm³/mol. The summed E-state index contributed by atoms with van der Waals surface area (Å²) >= 11 is 7.25. The number of nitrogens with zero attached hydrogens (tertiary/aromatic N) is 3. The van der Waals surface area contributed by atoms with E-state index in [1.54, 1.807) is 6.92 Å². The molecule has 144 valence electrons. The number of ether oxygens (including phenoxy) is 1. The van der Waals surface area contributed by atoms with E-state index in [2.05, 4.69) is 15.5 Å². The van der Waals surface area contributed by atoms with Gasteiger partial charge in [0.1, 0.15) is 10.6 Å². The molecular weight excluding hydrogens is 408 g/mol. The average Bonchev–Trinajstić information content (AvgIpc) is 3.23. The summed E-state index contributed by atoms with van der Waals surface area (Å²) in [4.78, 5) is 28.7. The van der Waals surface area contributed by atoms with Crippen molar-refractivity contribution in [1.82, 2.24) is 10.1 Å². The SMILES string of the molecule is Cc1noc(-c2c(NC(=O)c3cc(Cl)ccc3[N+](=O)[O-])sc3c2CCOC3)n1. The third-order valence-electron chi connectivity index (χ3n) is 4.19. The Morgan fingerprint density at radius 3 is 2.96 bits per heavy atom. The molecule has 0 atom stereocenters. The average molecular weight is 421 g/mol. The minimum absolute atomic E-state index is 0.132. The normalized spacial score (nSPS) is 13.2. The first-order chi connectivity index (χ1) is 13.4. The zero-order valence-corrected chi connectivity index (χ0v) is 16.1. The number of nitro benzene ring substituents is 1. The molecule has 9 nitrogen and oxygen atoms in total. The molecule has 1 aliphatic rings. The van der Waals surface area contributed by atoms with E-state index in [1.807, 2.05) is 0 Å². The summed E-state index contributed by atoms with van der Waals surface area (Å²) in [7, 11) is 0. The number of benzene rings is 1. The number of carbonyl (C=O) groups is 1. The molecule has 1 amide bonds. The Labute approximate surface area is 167 Å². The molecule has 4 rings (SSSR count). The Hall–Kier alpha value is -2.82. The van der Waals surface area contributed by atoms with Crippen molar-refractivity contribution in [1.29, 1.82) is 0 Å². The van der Waals surface area contributed by atoms with Crippen LogP contribution in [0.5, 0.6) is 0 Å². The Morgan fingerprint density at radius 2 is 2.25 bits per heavy atom.